The molecule has 0 saturated carbocycles. The molecular formula is C16H33N3O2. The van der Waals surface area contributed by atoms with Gasteiger partial charge in [0.05, 0.1) is 5.60 Å². The molecule has 0 aliphatic carbocycles. The third kappa shape index (κ3) is 4.63. The van der Waals surface area contributed by atoms with Crippen LogP contribution in [-0.2, 0) is 9.47 Å². The van der Waals surface area contributed by atoms with Crippen molar-refractivity contribution in [2.75, 3.05) is 39.5 Å². The van der Waals surface area contributed by atoms with Crippen molar-refractivity contribution in [1.82, 2.24) is 10.3 Å². The van der Waals surface area contributed by atoms with Gasteiger partial charge in [-0.05, 0) is 57.7 Å². The number of hydrogen-bond acceptors (Lipinski definition) is 5. The Balaban J connectivity index is 1.88. The molecule has 21 heavy (non-hydrogen) atoms. The van der Waals surface area contributed by atoms with Gasteiger partial charge < -0.3 is 14.4 Å². The number of nitrogens with one attached hydrogen (secondary N) is 1. The molecule has 0 aromatic rings. The van der Waals surface area contributed by atoms with E-state index in [1.54, 1.807) is 0 Å². The molecule has 2 saturated heterocycles. The van der Waals surface area contributed by atoms with E-state index in [0.29, 0.717) is 12.0 Å². The van der Waals surface area contributed by atoms with Crippen LogP contribution < -0.4 is 11.3 Å². The van der Waals surface area contributed by atoms with Crippen molar-refractivity contribution < 1.29 is 9.47 Å². The first-order valence-electron chi connectivity index (χ1n) is 8.63. The largest absolute Gasteiger partial charge is 0.381 e. The fourth-order valence-electron chi connectivity index (χ4n) is 3.82. The molecule has 0 aromatic carbocycles. The molecule has 2 aliphatic rings. The molecule has 1 spiro atoms. The molecular weight excluding hydrogens is 266 g/mol. The zero-order valence-corrected chi connectivity index (χ0v) is 13.8. The molecule has 2 fully saturated rings. The lowest BCUT2D eigenvalue weighted by atomic mass is 9.77. The molecule has 2 heterocycles. The highest BCUT2D eigenvalue weighted by Crippen LogP contribution is 2.38. The molecule has 2 unspecified atom stereocenters. The normalized spacial score (nSPS) is 27.1. The van der Waals surface area contributed by atoms with Crippen molar-refractivity contribution in [3.05, 3.63) is 0 Å². The lowest BCUT2D eigenvalue weighted by molar-refractivity contribution is -0.150. The summed E-state index contributed by atoms with van der Waals surface area (Å²) in [6, 6.07) is 0.397. The van der Waals surface area contributed by atoms with Crippen LogP contribution in [0, 0.1) is 5.92 Å². The van der Waals surface area contributed by atoms with E-state index in [1.165, 1.54) is 0 Å². The van der Waals surface area contributed by atoms with Crippen LogP contribution in [0.25, 0.3) is 0 Å². The molecule has 5 nitrogen and oxygen atoms in total. The van der Waals surface area contributed by atoms with E-state index in [4.69, 9.17) is 15.3 Å². The maximum atomic E-state index is 6.14. The summed E-state index contributed by atoms with van der Waals surface area (Å²) in [4.78, 5) is 2.47. The first kappa shape index (κ1) is 17.2. The lowest BCUT2D eigenvalue weighted by Gasteiger charge is -2.45. The number of ether oxygens (including phenoxy) is 2. The van der Waals surface area contributed by atoms with Gasteiger partial charge in [-0.3, -0.25) is 11.3 Å². The summed E-state index contributed by atoms with van der Waals surface area (Å²) >= 11 is 0. The summed E-state index contributed by atoms with van der Waals surface area (Å²) in [6.45, 7) is 10.3. The maximum Gasteiger partial charge on any atom is 0.0729 e. The van der Waals surface area contributed by atoms with Gasteiger partial charge in [-0.15, -0.1) is 0 Å². The summed E-state index contributed by atoms with van der Waals surface area (Å²) < 4.78 is 11.6. The van der Waals surface area contributed by atoms with Crippen molar-refractivity contribution in [2.24, 2.45) is 11.8 Å². The van der Waals surface area contributed by atoms with Gasteiger partial charge >= 0.3 is 0 Å². The average Bonchev–Trinajstić information content (AvgIpc) is 2.52. The second-order valence-corrected chi connectivity index (χ2v) is 6.49. The van der Waals surface area contributed by atoms with Crippen LogP contribution in [0.5, 0.6) is 0 Å². The Morgan fingerprint density at radius 1 is 1.24 bits per heavy atom. The van der Waals surface area contributed by atoms with Gasteiger partial charge in [0.2, 0.25) is 0 Å². The van der Waals surface area contributed by atoms with Gasteiger partial charge in [-0.25, -0.2) is 0 Å². The SMILES string of the molecule is CCN(CC)CCC(NN)C1CCOC2(CCOCC2)C1. The summed E-state index contributed by atoms with van der Waals surface area (Å²) in [7, 11) is 0. The third-order valence-corrected chi connectivity index (χ3v) is 5.37. The monoisotopic (exact) mass is 299 g/mol. The van der Waals surface area contributed by atoms with Crippen molar-refractivity contribution in [1.29, 1.82) is 0 Å². The smallest absolute Gasteiger partial charge is 0.0729 e. The van der Waals surface area contributed by atoms with E-state index in [0.717, 1.165) is 71.6 Å². The van der Waals surface area contributed by atoms with E-state index in [9.17, 15) is 0 Å². The topological polar surface area (TPSA) is 59.8 Å². The minimum atomic E-state index is 0.0610. The predicted molar refractivity (Wildman–Crippen MR) is 85.0 cm³/mol. The molecule has 124 valence electrons. The summed E-state index contributed by atoms with van der Waals surface area (Å²) in [5.74, 6) is 6.48. The fourth-order valence-corrected chi connectivity index (χ4v) is 3.82. The van der Waals surface area contributed by atoms with Crippen LogP contribution in [0.3, 0.4) is 0 Å². The van der Waals surface area contributed by atoms with Crippen LogP contribution in [0.2, 0.25) is 0 Å². The molecule has 0 radical (unpaired) electrons. The quantitative estimate of drug-likeness (QED) is 0.551. The first-order valence-corrected chi connectivity index (χ1v) is 8.63. The molecule has 0 bridgehead atoms. The van der Waals surface area contributed by atoms with Crippen LogP contribution in [0.15, 0.2) is 0 Å². The van der Waals surface area contributed by atoms with E-state index in [2.05, 4.69) is 24.2 Å². The van der Waals surface area contributed by atoms with Crippen LogP contribution in [0.1, 0.15) is 46.0 Å². The van der Waals surface area contributed by atoms with Gasteiger partial charge in [-0.1, -0.05) is 13.8 Å². The third-order valence-electron chi connectivity index (χ3n) is 5.37. The number of nitrogens with two attached hydrogens (primary N) is 1. The van der Waals surface area contributed by atoms with Crippen molar-refractivity contribution in [3.8, 4) is 0 Å². The standard InChI is InChI=1S/C16H33N3O2/c1-3-19(4-2)9-5-15(18-17)14-6-10-21-16(13-14)7-11-20-12-8-16/h14-15,18H,3-13,17H2,1-2H3. The van der Waals surface area contributed by atoms with Gasteiger partial charge in [-0.2, -0.15) is 0 Å². The highest BCUT2D eigenvalue weighted by molar-refractivity contribution is 4.92. The fraction of sp³-hybridized carbons (Fsp3) is 1.00. The number of hydrogen-bond donors (Lipinski definition) is 2. The van der Waals surface area contributed by atoms with Crippen molar-refractivity contribution in [2.45, 2.75) is 57.6 Å². The minimum absolute atomic E-state index is 0.0610. The van der Waals surface area contributed by atoms with E-state index in [1.807, 2.05) is 0 Å². The van der Waals surface area contributed by atoms with Crippen LogP contribution >= 0.6 is 0 Å². The maximum absolute atomic E-state index is 6.14. The van der Waals surface area contributed by atoms with Gasteiger partial charge in [0.15, 0.2) is 0 Å². The molecule has 2 rings (SSSR count). The Hall–Kier alpha value is -0.200. The van der Waals surface area contributed by atoms with Crippen LogP contribution in [-0.4, -0.2) is 56.0 Å². The second-order valence-electron chi connectivity index (χ2n) is 6.49. The molecule has 0 amide bonds. The zero-order valence-electron chi connectivity index (χ0n) is 13.8. The Morgan fingerprint density at radius 2 is 1.95 bits per heavy atom. The number of nitrogens with zero attached hydrogens (tertiary/aromatic N) is 1. The van der Waals surface area contributed by atoms with Gasteiger partial charge in [0.25, 0.3) is 0 Å². The number of rotatable bonds is 7. The summed E-state index contributed by atoms with van der Waals surface area (Å²) in [5, 5.41) is 0. The molecule has 5 heteroatoms. The summed E-state index contributed by atoms with van der Waals surface area (Å²) in [5.41, 5.74) is 3.14. The van der Waals surface area contributed by atoms with E-state index >= 15 is 0 Å². The molecule has 0 aromatic heterocycles. The predicted octanol–water partition coefficient (Wildman–Crippen LogP) is 1.53. The van der Waals surface area contributed by atoms with E-state index < -0.39 is 0 Å². The zero-order chi connectivity index (χ0) is 15.1. The van der Waals surface area contributed by atoms with Crippen LogP contribution in [0.4, 0.5) is 0 Å². The Morgan fingerprint density at radius 3 is 2.57 bits per heavy atom. The van der Waals surface area contributed by atoms with Gasteiger partial charge in [0, 0.05) is 25.9 Å². The lowest BCUT2D eigenvalue weighted by Crippen LogP contribution is -2.51. The van der Waals surface area contributed by atoms with Crippen molar-refractivity contribution >= 4 is 0 Å². The minimum Gasteiger partial charge on any atom is -0.381 e. The van der Waals surface area contributed by atoms with E-state index in [-0.39, 0.29) is 5.60 Å². The summed E-state index contributed by atoms with van der Waals surface area (Å²) in [6.07, 6.45) is 5.45. The van der Waals surface area contributed by atoms with Gasteiger partial charge in [0.1, 0.15) is 0 Å². The Bertz CT molecular complexity index is 286. The highest BCUT2D eigenvalue weighted by atomic mass is 16.5. The Kier molecular flexibility index (Phi) is 6.89. The van der Waals surface area contributed by atoms with Crippen molar-refractivity contribution in [3.63, 3.8) is 0 Å². The second kappa shape index (κ2) is 8.44. The molecule has 3 N–H and O–H groups in total. The molecule has 2 aliphatic heterocycles. The highest BCUT2D eigenvalue weighted by Gasteiger charge is 2.41. The molecule has 2 atom stereocenters. The Labute approximate surface area is 129 Å². The number of hydrazine groups is 1. The first-order chi connectivity index (χ1) is 10.2. The average molecular weight is 299 g/mol.